The first kappa shape index (κ1) is 33.5. The lowest BCUT2D eigenvalue weighted by Gasteiger charge is -2.31. The molecule has 1 aliphatic heterocycles. The third-order valence-electron chi connectivity index (χ3n) is 8.53. The fourth-order valence-corrected chi connectivity index (χ4v) is 6.59. The number of rotatable bonds is 5. The first-order valence-electron chi connectivity index (χ1n) is 15.7. The van der Waals surface area contributed by atoms with Crippen molar-refractivity contribution in [3.63, 3.8) is 0 Å². The molecule has 4 heterocycles. The van der Waals surface area contributed by atoms with E-state index in [0.717, 1.165) is 46.8 Å². The molecule has 14 heteroatoms. The standard InChI is InChI=1S/C25H28N8O2.C10H8O3S/c1-4-5-13-32-21-22(29-24(32)31-12-8-9-17(26)14-31)30(3)25(35)33(23(21)34)15-20-27-16(2)18-10-6-7-11-19(18)28-20;11-14(12,13)10-6-5-8-3-1-2-4-9(8)7-10/h6-7,10-11,17H,8-9,12-15,26H2,1-3H3;1-7H,(H,11,12,13)/t17-;/m1./s1. The lowest BCUT2D eigenvalue weighted by molar-refractivity contribution is 0.483. The number of aromatic nitrogens is 6. The summed E-state index contributed by atoms with van der Waals surface area (Å²) in [6.45, 7) is 5.31. The Hall–Kier alpha value is -5.36. The molecule has 0 spiro atoms. The van der Waals surface area contributed by atoms with E-state index >= 15 is 0 Å². The molecule has 0 amide bonds. The van der Waals surface area contributed by atoms with Gasteiger partial charge >= 0.3 is 5.69 Å². The van der Waals surface area contributed by atoms with Crippen LogP contribution in [0.15, 0.2) is 81.2 Å². The van der Waals surface area contributed by atoms with E-state index in [0.29, 0.717) is 29.5 Å². The Kier molecular flexibility index (Phi) is 9.33. The summed E-state index contributed by atoms with van der Waals surface area (Å²) in [5.74, 6) is 6.96. The number of anilines is 1. The van der Waals surface area contributed by atoms with Gasteiger partial charge in [-0.2, -0.15) is 13.4 Å². The van der Waals surface area contributed by atoms with E-state index in [2.05, 4.69) is 26.7 Å². The van der Waals surface area contributed by atoms with Crippen LogP contribution >= 0.6 is 0 Å². The van der Waals surface area contributed by atoms with Crippen LogP contribution in [-0.4, -0.2) is 60.8 Å². The second-order valence-corrected chi connectivity index (χ2v) is 13.3. The average Bonchev–Trinajstić information content (AvgIpc) is 3.48. The zero-order valence-corrected chi connectivity index (χ0v) is 28.2. The number of hydrogen-bond donors (Lipinski definition) is 2. The predicted molar refractivity (Wildman–Crippen MR) is 189 cm³/mol. The van der Waals surface area contributed by atoms with E-state index in [1.165, 1.54) is 21.3 Å². The smallest absolute Gasteiger partial charge is 0.332 e. The van der Waals surface area contributed by atoms with Gasteiger partial charge in [0.15, 0.2) is 11.2 Å². The summed E-state index contributed by atoms with van der Waals surface area (Å²) in [7, 11) is -2.47. The molecule has 0 bridgehead atoms. The number of para-hydroxylation sites is 1. The van der Waals surface area contributed by atoms with E-state index in [-0.39, 0.29) is 24.0 Å². The second kappa shape index (κ2) is 13.6. The van der Waals surface area contributed by atoms with Crippen LogP contribution in [0.4, 0.5) is 5.95 Å². The molecule has 7 rings (SSSR count). The third kappa shape index (κ3) is 6.82. The van der Waals surface area contributed by atoms with E-state index in [9.17, 15) is 18.0 Å². The highest BCUT2D eigenvalue weighted by Crippen LogP contribution is 2.23. The molecule has 3 aromatic heterocycles. The molecule has 0 saturated carbocycles. The summed E-state index contributed by atoms with van der Waals surface area (Å²) in [4.78, 5) is 42.9. The van der Waals surface area contributed by atoms with Crippen molar-refractivity contribution in [1.29, 1.82) is 0 Å². The fourth-order valence-electron chi connectivity index (χ4n) is 6.08. The van der Waals surface area contributed by atoms with Gasteiger partial charge in [0.2, 0.25) is 5.95 Å². The van der Waals surface area contributed by atoms with Crippen molar-refractivity contribution in [2.24, 2.45) is 12.8 Å². The molecule has 1 fully saturated rings. The lowest BCUT2D eigenvalue weighted by atomic mass is 10.1. The maximum absolute atomic E-state index is 13.7. The molecule has 13 nitrogen and oxygen atoms in total. The molecule has 1 aliphatic rings. The first-order valence-corrected chi connectivity index (χ1v) is 17.2. The topological polar surface area (TPSA) is 171 Å². The summed E-state index contributed by atoms with van der Waals surface area (Å²) < 4.78 is 34.9. The Labute approximate surface area is 282 Å². The first-order chi connectivity index (χ1) is 23.5. The van der Waals surface area contributed by atoms with Gasteiger partial charge in [-0.15, -0.1) is 5.92 Å². The van der Waals surface area contributed by atoms with E-state index in [1.807, 2.05) is 49.4 Å². The molecule has 3 N–H and O–H groups in total. The Morgan fingerprint density at radius 2 is 1.71 bits per heavy atom. The third-order valence-corrected chi connectivity index (χ3v) is 9.38. The van der Waals surface area contributed by atoms with E-state index in [4.69, 9.17) is 15.3 Å². The molecule has 1 atom stereocenters. The van der Waals surface area contributed by atoms with Crippen LogP contribution in [0.1, 0.15) is 31.3 Å². The van der Waals surface area contributed by atoms with Crippen molar-refractivity contribution in [3.05, 3.63) is 99.1 Å². The number of aryl methyl sites for hydroxylation is 2. The van der Waals surface area contributed by atoms with Gasteiger partial charge in [-0.3, -0.25) is 23.0 Å². The van der Waals surface area contributed by atoms with Crippen LogP contribution in [0.25, 0.3) is 32.8 Å². The van der Waals surface area contributed by atoms with Crippen LogP contribution in [0.2, 0.25) is 0 Å². The summed E-state index contributed by atoms with van der Waals surface area (Å²) in [6, 6.07) is 19.6. The van der Waals surface area contributed by atoms with Gasteiger partial charge in [0.05, 0.1) is 23.5 Å². The largest absolute Gasteiger partial charge is 0.341 e. The highest BCUT2D eigenvalue weighted by Gasteiger charge is 2.26. The zero-order valence-electron chi connectivity index (χ0n) is 27.4. The van der Waals surface area contributed by atoms with Crippen LogP contribution in [0, 0.1) is 18.8 Å². The number of benzene rings is 3. The summed E-state index contributed by atoms with van der Waals surface area (Å²) in [5, 5.41) is 2.68. The SMILES string of the molecule is CC#CCn1c(N2CCC[C@@H](N)C2)nc2c1c(=O)n(Cc1nc(C)c3ccccc3n1)c(=O)n2C.O=S(=O)(O)c1ccc2ccccc2c1. The molecule has 0 aliphatic carbocycles. The average molecular weight is 681 g/mol. The molecule has 0 radical (unpaired) electrons. The van der Waals surface area contributed by atoms with Crippen molar-refractivity contribution in [2.75, 3.05) is 18.0 Å². The minimum Gasteiger partial charge on any atom is -0.341 e. The summed E-state index contributed by atoms with van der Waals surface area (Å²) in [5.41, 5.74) is 7.54. The van der Waals surface area contributed by atoms with Crippen LogP contribution in [0.5, 0.6) is 0 Å². The van der Waals surface area contributed by atoms with Crippen LogP contribution in [-0.2, 0) is 30.3 Å². The van der Waals surface area contributed by atoms with Gasteiger partial charge in [0.1, 0.15) is 5.82 Å². The van der Waals surface area contributed by atoms with E-state index < -0.39 is 21.4 Å². The maximum Gasteiger partial charge on any atom is 0.332 e. The molecule has 3 aromatic carbocycles. The number of nitrogens with two attached hydrogens (primary N) is 1. The molecule has 0 unspecified atom stereocenters. The number of fused-ring (bicyclic) bond motifs is 3. The number of imidazole rings is 1. The zero-order chi connectivity index (χ0) is 34.9. The highest BCUT2D eigenvalue weighted by atomic mass is 32.2. The van der Waals surface area contributed by atoms with Crippen molar-refractivity contribution < 1.29 is 13.0 Å². The number of piperidine rings is 1. The Balaban J connectivity index is 0.000000248. The predicted octanol–water partition coefficient (Wildman–Crippen LogP) is 3.23. The normalized spacial score (nSPS) is 14.8. The summed E-state index contributed by atoms with van der Waals surface area (Å²) >= 11 is 0. The van der Waals surface area contributed by atoms with Gasteiger partial charge < -0.3 is 10.6 Å². The molecular weight excluding hydrogens is 645 g/mol. The van der Waals surface area contributed by atoms with Crippen LogP contribution < -0.4 is 21.9 Å². The molecule has 252 valence electrons. The maximum atomic E-state index is 13.7. The van der Waals surface area contributed by atoms with Crippen molar-refractivity contribution in [3.8, 4) is 11.8 Å². The minimum atomic E-state index is -4.09. The van der Waals surface area contributed by atoms with Crippen molar-refractivity contribution >= 4 is 48.9 Å². The van der Waals surface area contributed by atoms with Gasteiger partial charge in [0, 0.05) is 37.3 Å². The minimum absolute atomic E-state index is 0.0306. The van der Waals surface area contributed by atoms with Gasteiger partial charge in [-0.25, -0.2) is 14.8 Å². The lowest BCUT2D eigenvalue weighted by Crippen LogP contribution is -2.44. The van der Waals surface area contributed by atoms with Crippen molar-refractivity contribution in [1.82, 2.24) is 28.7 Å². The second-order valence-electron chi connectivity index (χ2n) is 11.9. The summed E-state index contributed by atoms with van der Waals surface area (Å²) in [6.07, 6.45) is 1.88. The monoisotopic (exact) mass is 680 g/mol. The number of nitrogens with zero attached hydrogens (tertiary/aromatic N) is 7. The van der Waals surface area contributed by atoms with Crippen LogP contribution in [0.3, 0.4) is 0 Å². The Morgan fingerprint density at radius 1 is 0.980 bits per heavy atom. The van der Waals surface area contributed by atoms with Gasteiger partial charge in [-0.1, -0.05) is 54.5 Å². The fraction of sp³-hybridized carbons (Fsp3) is 0.286. The van der Waals surface area contributed by atoms with Crippen molar-refractivity contribution in [2.45, 2.75) is 50.7 Å². The molecule has 6 aromatic rings. The highest BCUT2D eigenvalue weighted by molar-refractivity contribution is 7.85. The number of hydrogen-bond acceptors (Lipinski definition) is 9. The quantitative estimate of drug-likeness (QED) is 0.204. The Morgan fingerprint density at radius 3 is 2.45 bits per heavy atom. The molecular formula is C35H36N8O5S. The van der Waals surface area contributed by atoms with Gasteiger partial charge in [-0.05, 0) is 55.7 Å². The molecule has 1 saturated heterocycles. The van der Waals surface area contributed by atoms with E-state index in [1.54, 1.807) is 30.7 Å². The van der Waals surface area contributed by atoms with Gasteiger partial charge in [0.25, 0.3) is 15.7 Å². The molecule has 49 heavy (non-hydrogen) atoms. The Bertz CT molecular complexity index is 2510.